The van der Waals surface area contributed by atoms with Gasteiger partial charge in [0.15, 0.2) is 0 Å². The van der Waals surface area contributed by atoms with Gasteiger partial charge in [-0.05, 0) is 30.8 Å². The minimum absolute atomic E-state index is 0.0500. The molecular weight excluding hydrogens is 356 g/mol. The summed E-state index contributed by atoms with van der Waals surface area (Å²) in [6.45, 7) is 3.59. The van der Waals surface area contributed by atoms with Gasteiger partial charge in [-0.2, -0.15) is 4.48 Å². The number of carbonyl (C=O) groups excluding carboxylic acids is 2. The number of carbonyl (C=O) groups is 2. The molecule has 1 N–H and O–H groups in total. The zero-order valence-corrected chi connectivity index (χ0v) is 16.4. The van der Waals surface area contributed by atoms with Crippen molar-refractivity contribution in [3.63, 3.8) is 0 Å². The molecule has 1 fully saturated rings. The van der Waals surface area contributed by atoms with Crippen LogP contribution in [-0.4, -0.2) is 62.2 Å². The fourth-order valence-corrected chi connectivity index (χ4v) is 3.52. The quantitative estimate of drug-likeness (QED) is 0.649. The lowest BCUT2D eigenvalue weighted by atomic mass is 10.1. The number of urea groups is 1. The average Bonchev–Trinajstić information content (AvgIpc) is 2.95. The predicted molar refractivity (Wildman–Crippen MR) is 108 cm³/mol. The lowest BCUT2D eigenvalue weighted by molar-refractivity contribution is 0.0600. The maximum absolute atomic E-state index is 13.3. The summed E-state index contributed by atoms with van der Waals surface area (Å²) in [6.07, 6.45) is 2.66. The number of nitrogens with zero attached hydrogens (tertiary/aromatic N) is 3. The van der Waals surface area contributed by atoms with Gasteiger partial charge in [-0.25, -0.2) is 14.6 Å². The van der Waals surface area contributed by atoms with Gasteiger partial charge in [0.05, 0.1) is 19.2 Å². The number of quaternary nitrogens is 1. The van der Waals surface area contributed by atoms with Gasteiger partial charge in [-0.3, -0.25) is 0 Å². The summed E-state index contributed by atoms with van der Waals surface area (Å²) in [6, 6.07) is 12.7. The van der Waals surface area contributed by atoms with Crippen molar-refractivity contribution in [3.05, 3.63) is 59.8 Å². The average molecular weight is 383 g/mol. The largest absolute Gasteiger partial charge is 0.465 e. The lowest BCUT2D eigenvalue weighted by Gasteiger charge is -2.32. The van der Waals surface area contributed by atoms with E-state index in [4.69, 9.17) is 4.74 Å². The second kappa shape index (κ2) is 8.95. The molecule has 1 saturated heterocycles. The van der Waals surface area contributed by atoms with Gasteiger partial charge >= 0.3 is 12.0 Å². The number of esters is 1. The molecule has 1 aromatic heterocycles. The van der Waals surface area contributed by atoms with Crippen LogP contribution in [0.2, 0.25) is 0 Å². The van der Waals surface area contributed by atoms with E-state index in [2.05, 4.69) is 22.2 Å². The number of hydrogen-bond donors (Lipinski definition) is 1. The maximum Gasteiger partial charge on any atom is 0.423 e. The molecule has 0 aliphatic carbocycles. The van der Waals surface area contributed by atoms with Gasteiger partial charge < -0.3 is 15.0 Å². The summed E-state index contributed by atoms with van der Waals surface area (Å²) in [5.74, 6) is 0.403. The second-order valence-electron chi connectivity index (χ2n) is 7.11. The third-order valence-electron chi connectivity index (χ3n) is 5.24. The van der Waals surface area contributed by atoms with Crippen LogP contribution >= 0.6 is 0 Å². The molecule has 2 aromatic rings. The Morgan fingerprint density at radius 3 is 2.61 bits per heavy atom. The first-order valence-corrected chi connectivity index (χ1v) is 9.48. The molecule has 2 amide bonds. The highest BCUT2D eigenvalue weighted by molar-refractivity contribution is 5.89. The molecule has 0 radical (unpaired) electrons. The highest BCUT2D eigenvalue weighted by Gasteiger charge is 2.41. The van der Waals surface area contributed by atoms with E-state index >= 15 is 0 Å². The Labute approximate surface area is 165 Å². The van der Waals surface area contributed by atoms with Gasteiger partial charge in [0.1, 0.15) is 6.54 Å². The van der Waals surface area contributed by atoms with Crippen LogP contribution in [0.25, 0.3) is 0 Å². The van der Waals surface area contributed by atoms with Gasteiger partial charge in [0.25, 0.3) is 0 Å². The molecule has 0 spiro atoms. The number of nitrogens with one attached hydrogen (secondary N) is 1. The maximum atomic E-state index is 13.3. The van der Waals surface area contributed by atoms with Gasteiger partial charge in [-0.1, -0.05) is 18.2 Å². The molecule has 1 atom stereocenters. The molecule has 7 heteroatoms. The molecule has 148 valence electrons. The van der Waals surface area contributed by atoms with Gasteiger partial charge in [0, 0.05) is 38.3 Å². The molecular formula is C21H27N4O3+. The Bertz CT molecular complexity index is 810. The van der Waals surface area contributed by atoms with E-state index in [0.717, 1.165) is 30.9 Å². The Kier molecular flexibility index (Phi) is 6.38. The molecule has 7 nitrogen and oxygen atoms in total. The van der Waals surface area contributed by atoms with Crippen molar-refractivity contribution in [2.75, 3.05) is 40.3 Å². The highest BCUT2D eigenvalue weighted by Crippen LogP contribution is 2.23. The number of ether oxygens (including phenoxy) is 1. The summed E-state index contributed by atoms with van der Waals surface area (Å²) in [7, 11) is 3.44. The SMILES string of the molecule is COC(=O)c1ccc(CNC(=O)[N+]2(c3ccccn3)CCCN(C)CC2)cc1. The monoisotopic (exact) mass is 383 g/mol. The first-order chi connectivity index (χ1) is 13.5. The van der Waals surface area contributed by atoms with Crippen LogP contribution in [-0.2, 0) is 11.3 Å². The summed E-state index contributed by atoms with van der Waals surface area (Å²) < 4.78 is 4.91. The number of methoxy groups -OCH3 is 1. The fourth-order valence-electron chi connectivity index (χ4n) is 3.52. The first-order valence-electron chi connectivity index (χ1n) is 9.48. The third-order valence-corrected chi connectivity index (χ3v) is 5.24. The number of likely N-dealkylation sites (N-methyl/N-ethyl adjacent to an activating group) is 1. The number of benzene rings is 1. The Morgan fingerprint density at radius 1 is 1.14 bits per heavy atom. The van der Waals surface area contributed by atoms with Crippen LogP contribution in [0.15, 0.2) is 48.7 Å². The summed E-state index contributed by atoms with van der Waals surface area (Å²) >= 11 is 0. The Hall–Kier alpha value is -2.77. The minimum atomic E-state index is -0.371. The summed E-state index contributed by atoms with van der Waals surface area (Å²) in [5, 5.41) is 3.07. The molecule has 1 aromatic carbocycles. The normalized spacial score (nSPS) is 20.2. The van der Waals surface area contributed by atoms with E-state index in [1.807, 2.05) is 30.3 Å². The van der Waals surface area contributed by atoms with E-state index in [1.54, 1.807) is 18.3 Å². The van der Waals surface area contributed by atoms with Crippen molar-refractivity contribution in [1.82, 2.24) is 19.7 Å². The van der Waals surface area contributed by atoms with Gasteiger partial charge in [0.2, 0.25) is 5.82 Å². The molecule has 1 aliphatic heterocycles. The molecule has 1 unspecified atom stereocenters. The van der Waals surface area contributed by atoms with E-state index < -0.39 is 0 Å². The molecule has 1 aliphatic rings. The second-order valence-corrected chi connectivity index (χ2v) is 7.11. The van der Waals surface area contributed by atoms with Crippen LogP contribution in [0.3, 0.4) is 0 Å². The molecule has 28 heavy (non-hydrogen) atoms. The highest BCUT2D eigenvalue weighted by atomic mass is 16.5. The topological polar surface area (TPSA) is 71.5 Å². The van der Waals surface area contributed by atoms with E-state index in [1.165, 1.54) is 7.11 Å². The van der Waals surface area contributed by atoms with Crippen molar-refractivity contribution < 1.29 is 14.3 Å². The molecule has 0 saturated carbocycles. The Balaban J connectivity index is 1.76. The van der Waals surface area contributed by atoms with Crippen LogP contribution < -0.4 is 9.80 Å². The van der Waals surface area contributed by atoms with E-state index in [-0.39, 0.29) is 16.5 Å². The van der Waals surface area contributed by atoms with Crippen LogP contribution in [0.5, 0.6) is 0 Å². The van der Waals surface area contributed by atoms with E-state index in [0.29, 0.717) is 25.2 Å². The first kappa shape index (κ1) is 20.0. The van der Waals surface area contributed by atoms with Crippen molar-refractivity contribution >= 4 is 17.8 Å². The molecule has 2 heterocycles. The van der Waals surface area contributed by atoms with Crippen LogP contribution in [0.4, 0.5) is 10.6 Å². The Morgan fingerprint density at radius 2 is 1.93 bits per heavy atom. The minimum Gasteiger partial charge on any atom is -0.465 e. The third kappa shape index (κ3) is 4.37. The molecule has 0 bridgehead atoms. The zero-order chi connectivity index (χ0) is 20.0. The summed E-state index contributed by atoms with van der Waals surface area (Å²) in [5.41, 5.74) is 1.41. The van der Waals surface area contributed by atoms with Crippen molar-refractivity contribution in [1.29, 1.82) is 0 Å². The standard InChI is InChI=1S/C21H26N4O3/c1-24-12-5-14-25(15-13-24,19-6-3-4-11-22-19)21(27)23-16-17-7-9-18(10-8-17)20(26)28-2/h3-4,6-11H,5,12-16H2,1-2H3/p+1. The number of aromatic nitrogens is 1. The van der Waals surface area contributed by atoms with Crippen molar-refractivity contribution in [3.8, 4) is 0 Å². The number of pyridine rings is 1. The molecule has 3 rings (SSSR count). The van der Waals surface area contributed by atoms with E-state index in [9.17, 15) is 9.59 Å². The summed E-state index contributed by atoms with van der Waals surface area (Å²) in [4.78, 5) is 31.6. The smallest absolute Gasteiger partial charge is 0.423 e. The van der Waals surface area contributed by atoms with Crippen LogP contribution in [0.1, 0.15) is 22.3 Å². The number of hydrogen-bond acceptors (Lipinski definition) is 5. The number of rotatable bonds is 4. The van der Waals surface area contributed by atoms with Crippen molar-refractivity contribution in [2.45, 2.75) is 13.0 Å². The van der Waals surface area contributed by atoms with Crippen molar-refractivity contribution in [2.24, 2.45) is 0 Å². The number of amides is 2. The fraction of sp³-hybridized carbons (Fsp3) is 0.381. The van der Waals surface area contributed by atoms with Crippen LogP contribution in [0, 0.1) is 0 Å². The predicted octanol–water partition coefficient (Wildman–Crippen LogP) is 2.42. The van der Waals surface area contributed by atoms with Gasteiger partial charge in [-0.15, -0.1) is 0 Å². The zero-order valence-electron chi connectivity index (χ0n) is 16.4. The lowest BCUT2D eigenvalue weighted by Crippen LogP contribution is -2.60.